The van der Waals surface area contributed by atoms with Crippen molar-refractivity contribution in [1.29, 1.82) is 0 Å². The molecule has 1 saturated carbocycles. The zero-order chi connectivity index (χ0) is 27.3. The number of hydrogen-bond donors (Lipinski definition) is 2. The van der Waals surface area contributed by atoms with E-state index in [1.54, 1.807) is 0 Å². The van der Waals surface area contributed by atoms with Crippen LogP contribution in [-0.4, -0.2) is 16.1 Å². The smallest absolute Gasteiger partial charge is 0.326 e. The maximum Gasteiger partial charge on any atom is 0.416 e. The van der Waals surface area contributed by atoms with Gasteiger partial charge in [-0.05, 0) is 54.1 Å². The van der Waals surface area contributed by atoms with Crippen LogP contribution in [0.5, 0.6) is 0 Å². The monoisotopic (exact) mass is 596 g/mol. The average molecular weight is 598 g/mol. The second-order valence-corrected chi connectivity index (χ2v) is 10.4. The predicted molar refractivity (Wildman–Crippen MR) is 132 cm³/mol. The fourth-order valence-corrected chi connectivity index (χ4v) is 5.09. The SMILES string of the molecule is O=C(Nc1c(F)cccc1F)c1cc(NC(=O)[C@@H]2[C@@H](c3cc(Cl)cc(C(F)(F)F)c3)C2(Cl)Cl)ccc1Cl. The van der Waals surface area contributed by atoms with Gasteiger partial charge in [0.15, 0.2) is 0 Å². The van der Waals surface area contributed by atoms with Crippen molar-refractivity contribution in [1.82, 2.24) is 0 Å². The van der Waals surface area contributed by atoms with E-state index in [0.29, 0.717) is 0 Å². The lowest BCUT2D eigenvalue weighted by Crippen LogP contribution is -2.19. The number of anilines is 2. The van der Waals surface area contributed by atoms with Crippen molar-refractivity contribution in [2.24, 2.45) is 5.92 Å². The zero-order valence-corrected chi connectivity index (χ0v) is 21.1. The van der Waals surface area contributed by atoms with E-state index < -0.39 is 57.0 Å². The molecule has 0 saturated heterocycles. The van der Waals surface area contributed by atoms with Crippen molar-refractivity contribution >= 4 is 69.6 Å². The van der Waals surface area contributed by atoms with Crippen LogP contribution in [0.25, 0.3) is 0 Å². The van der Waals surface area contributed by atoms with E-state index in [1.165, 1.54) is 18.2 Å². The molecule has 2 atom stereocenters. The first-order chi connectivity index (χ1) is 17.2. The molecular weight excluding hydrogens is 585 g/mol. The first kappa shape index (κ1) is 27.4. The lowest BCUT2D eigenvalue weighted by Gasteiger charge is -2.11. The molecule has 3 aromatic carbocycles. The Hall–Kier alpha value is -2.59. The summed E-state index contributed by atoms with van der Waals surface area (Å²) >= 11 is 24.4. The van der Waals surface area contributed by atoms with E-state index in [0.717, 1.165) is 36.4 Å². The zero-order valence-electron chi connectivity index (χ0n) is 18.1. The number of rotatable bonds is 5. The van der Waals surface area contributed by atoms with Gasteiger partial charge in [0.1, 0.15) is 21.7 Å². The average Bonchev–Trinajstić information content (AvgIpc) is 3.38. The number of carbonyl (C=O) groups excluding carboxylic acids is 2. The molecule has 1 fully saturated rings. The number of amides is 2. The Bertz CT molecular complexity index is 1390. The Morgan fingerprint density at radius 2 is 1.54 bits per heavy atom. The number of halogens is 9. The molecule has 194 valence electrons. The van der Waals surface area contributed by atoms with Gasteiger partial charge in [-0.15, -0.1) is 23.2 Å². The van der Waals surface area contributed by atoms with Crippen LogP contribution in [0.3, 0.4) is 0 Å². The van der Waals surface area contributed by atoms with Gasteiger partial charge in [0.2, 0.25) is 5.91 Å². The molecule has 0 aliphatic heterocycles. The molecule has 0 unspecified atom stereocenters. The van der Waals surface area contributed by atoms with Gasteiger partial charge in [-0.2, -0.15) is 13.2 Å². The van der Waals surface area contributed by atoms with Crippen LogP contribution >= 0.6 is 46.4 Å². The van der Waals surface area contributed by atoms with Gasteiger partial charge in [0.05, 0.1) is 22.1 Å². The van der Waals surface area contributed by atoms with Gasteiger partial charge in [0, 0.05) is 16.6 Å². The lowest BCUT2D eigenvalue weighted by molar-refractivity contribution is -0.137. The van der Waals surface area contributed by atoms with E-state index in [-0.39, 0.29) is 26.9 Å². The van der Waals surface area contributed by atoms with Crippen molar-refractivity contribution in [2.45, 2.75) is 16.4 Å². The molecule has 13 heteroatoms. The largest absolute Gasteiger partial charge is 0.416 e. The van der Waals surface area contributed by atoms with Gasteiger partial charge in [-0.3, -0.25) is 9.59 Å². The number of para-hydroxylation sites is 1. The molecule has 1 aliphatic carbocycles. The highest BCUT2D eigenvalue weighted by Crippen LogP contribution is 2.65. The molecule has 3 aromatic rings. The number of benzene rings is 3. The van der Waals surface area contributed by atoms with Crippen molar-refractivity contribution in [3.8, 4) is 0 Å². The molecule has 0 bridgehead atoms. The third kappa shape index (κ3) is 5.65. The Balaban J connectivity index is 1.54. The Labute approximate surface area is 226 Å². The van der Waals surface area contributed by atoms with Crippen LogP contribution in [0.1, 0.15) is 27.4 Å². The summed E-state index contributed by atoms with van der Waals surface area (Å²) in [5, 5.41) is 4.27. The van der Waals surface area contributed by atoms with Gasteiger partial charge >= 0.3 is 6.18 Å². The summed E-state index contributed by atoms with van der Waals surface area (Å²) in [5.74, 6) is -5.90. The summed E-state index contributed by atoms with van der Waals surface area (Å²) in [7, 11) is 0. The quantitative estimate of drug-likeness (QED) is 0.231. The molecule has 0 radical (unpaired) electrons. The van der Waals surface area contributed by atoms with E-state index in [2.05, 4.69) is 10.6 Å². The van der Waals surface area contributed by atoms with E-state index >= 15 is 0 Å². The topological polar surface area (TPSA) is 58.2 Å². The minimum Gasteiger partial charge on any atom is -0.326 e. The van der Waals surface area contributed by atoms with Crippen LogP contribution in [0.4, 0.5) is 33.3 Å². The van der Waals surface area contributed by atoms with Gasteiger partial charge in [-0.1, -0.05) is 29.3 Å². The molecule has 0 heterocycles. The van der Waals surface area contributed by atoms with Crippen LogP contribution in [0.15, 0.2) is 54.6 Å². The number of hydrogen-bond acceptors (Lipinski definition) is 2. The molecule has 4 nitrogen and oxygen atoms in total. The molecule has 37 heavy (non-hydrogen) atoms. The summed E-state index contributed by atoms with van der Waals surface area (Å²) in [6.07, 6.45) is -4.68. The molecule has 4 rings (SSSR count). The molecule has 1 aliphatic rings. The first-order valence-electron chi connectivity index (χ1n) is 10.3. The number of nitrogens with one attached hydrogen (secondary N) is 2. The summed E-state index contributed by atoms with van der Waals surface area (Å²) in [6.45, 7) is 0. The van der Waals surface area contributed by atoms with Gasteiger partial charge < -0.3 is 10.6 Å². The Kier molecular flexibility index (Phi) is 7.38. The van der Waals surface area contributed by atoms with Crippen molar-refractivity contribution in [3.05, 3.63) is 93.0 Å². The molecule has 0 spiro atoms. The summed E-state index contributed by atoms with van der Waals surface area (Å²) in [6, 6.07) is 9.55. The fourth-order valence-electron chi connectivity index (χ4n) is 3.82. The van der Waals surface area contributed by atoms with Crippen molar-refractivity contribution < 1.29 is 31.5 Å². The van der Waals surface area contributed by atoms with Crippen LogP contribution in [0.2, 0.25) is 10.0 Å². The predicted octanol–water partition coefficient (Wildman–Crippen LogP) is 8.07. The van der Waals surface area contributed by atoms with Crippen LogP contribution < -0.4 is 10.6 Å². The maximum atomic E-state index is 13.9. The third-order valence-electron chi connectivity index (χ3n) is 5.62. The second-order valence-electron chi connectivity index (χ2n) is 8.14. The van der Waals surface area contributed by atoms with Crippen molar-refractivity contribution in [3.63, 3.8) is 0 Å². The Morgan fingerprint density at radius 3 is 2.16 bits per heavy atom. The highest BCUT2D eigenvalue weighted by atomic mass is 35.5. The van der Waals surface area contributed by atoms with Gasteiger partial charge in [-0.25, -0.2) is 8.78 Å². The Morgan fingerprint density at radius 1 is 0.892 bits per heavy atom. The number of alkyl halides is 5. The summed E-state index contributed by atoms with van der Waals surface area (Å²) in [5.41, 5.74) is -1.86. The molecule has 2 N–H and O–H groups in total. The lowest BCUT2D eigenvalue weighted by atomic mass is 10.0. The van der Waals surface area contributed by atoms with E-state index in [1.807, 2.05) is 0 Å². The highest BCUT2D eigenvalue weighted by molar-refractivity contribution is 6.53. The molecular formula is C24H13Cl4F5N2O2. The van der Waals surface area contributed by atoms with E-state index in [4.69, 9.17) is 46.4 Å². The molecule has 0 aromatic heterocycles. The summed E-state index contributed by atoms with van der Waals surface area (Å²) < 4.78 is 65.7. The maximum absolute atomic E-state index is 13.9. The van der Waals surface area contributed by atoms with E-state index in [9.17, 15) is 31.5 Å². The van der Waals surface area contributed by atoms with Crippen molar-refractivity contribution in [2.75, 3.05) is 10.6 Å². The normalized spacial score (nSPS) is 18.3. The first-order valence-corrected chi connectivity index (χ1v) is 11.8. The second kappa shape index (κ2) is 9.94. The third-order valence-corrected chi connectivity index (χ3v) is 7.11. The standard InChI is InChI=1S/C24H13Cl4F5N2O2/c25-12-7-10(6-11(8-12)24(31,32)33)18-19(23(18,27)28)22(37)34-13-4-5-15(26)14(9-13)21(36)35-20-16(29)2-1-3-17(20)30/h1-9,18-19H,(H,34,37)(H,35,36)/t18-,19+/m1/s1. The summed E-state index contributed by atoms with van der Waals surface area (Å²) in [4.78, 5) is 25.5. The highest BCUT2D eigenvalue weighted by Gasteiger charge is 2.67. The van der Waals surface area contributed by atoms with Gasteiger partial charge in [0.25, 0.3) is 5.91 Å². The minimum atomic E-state index is -4.68. The van der Waals surface area contributed by atoms with Crippen LogP contribution in [0, 0.1) is 17.6 Å². The molecule has 2 amide bonds. The minimum absolute atomic E-state index is 0.0214. The number of carbonyl (C=O) groups is 2. The van der Waals surface area contributed by atoms with Crippen LogP contribution in [-0.2, 0) is 11.0 Å². The fraction of sp³-hybridized carbons (Fsp3) is 0.167.